The van der Waals surface area contributed by atoms with Gasteiger partial charge in [-0.3, -0.25) is 4.98 Å². The summed E-state index contributed by atoms with van der Waals surface area (Å²) in [6.07, 6.45) is 1.93. The Kier molecular flexibility index (Phi) is 2.75. The normalized spacial score (nSPS) is 10.9. The fourth-order valence-electron chi connectivity index (χ4n) is 2.45. The monoisotopic (exact) mass is 252 g/mol. The molecule has 0 aliphatic heterocycles. The summed E-state index contributed by atoms with van der Waals surface area (Å²) in [5, 5.41) is 1.16. The number of fused-ring (bicyclic) bond motifs is 1. The Morgan fingerprint density at radius 2 is 1.95 bits per heavy atom. The van der Waals surface area contributed by atoms with Gasteiger partial charge in [0, 0.05) is 28.4 Å². The number of hydrogen-bond donors (Lipinski definition) is 1. The number of rotatable bonds is 2. The fourth-order valence-corrected chi connectivity index (χ4v) is 2.45. The predicted octanol–water partition coefficient (Wildman–Crippen LogP) is 3.86. The molecule has 0 fully saturated rings. The number of ether oxygens (including phenoxy) is 1. The first-order chi connectivity index (χ1) is 9.20. The Bertz CT molecular complexity index is 744. The van der Waals surface area contributed by atoms with E-state index in [1.807, 2.05) is 31.3 Å². The maximum Gasteiger partial charge on any atom is 0.128 e. The van der Waals surface area contributed by atoms with Crippen LogP contribution in [0.4, 0.5) is 0 Å². The minimum Gasteiger partial charge on any atom is -0.496 e. The van der Waals surface area contributed by atoms with Gasteiger partial charge in [-0.15, -0.1) is 0 Å². The number of nitrogens with one attached hydrogen (secondary N) is 1. The van der Waals surface area contributed by atoms with Crippen molar-refractivity contribution in [2.24, 2.45) is 0 Å². The third-order valence-corrected chi connectivity index (χ3v) is 3.46. The molecule has 96 valence electrons. The van der Waals surface area contributed by atoms with E-state index < -0.39 is 0 Å². The molecule has 3 nitrogen and oxygen atoms in total. The molecule has 0 aliphatic carbocycles. The van der Waals surface area contributed by atoms with E-state index in [9.17, 15) is 0 Å². The second-order valence-corrected chi connectivity index (χ2v) is 4.70. The van der Waals surface area contributed by atoms with Crippen molar-refractivity contribution in [2.75, 3.05) is 7.11 Å². The molecule has 1 N–H and O–H groups in total. The van der Waals surface area contributed by atoms with Crippen molar-refractivity contribution in [3.05, 3.63) is 47.8 Å². The molecule has 0 atom stereocenters. The summed E-state index contributed by atoms with van der Waals surface area (Å²) < 4.78 is 5.44. The van der Waals surface area contributed by atoms with Crippen LogP contribution in [-0.4, -0.2) is 17.1 Å². The fraction of sp³-hybridized carbons (Fsp3) is 0.188. The summed E-state index contributed by atoms with van der Waals surface area (Å²) in [4.78, 5) is 7.84. The summed E-state index contributed by atoms with van der Waals surface area (Å²) in [5.74, 6) is 0.877. The van der Waals surface area contributed by atoms with Gasteiger partial charge in [0.2, 0.25) is 0 Å². The van der Waals surface area contributed by atoms with Crippen LogP contribution in [0.1, 0.15) is 11.3 Å². The molecule has 0 saturated heterocycles. The van der Waals surface area contributed by atoms with Crippen LogP contribution in [0.5, 0.6) is 5.75 Å². The number of nitrogens with zero attached hydrogens (tertiary/aromatic N) is 1. The highest BCUT2D eigenvalue weighted by molar-refractivity contribution is 5.91. The smallest absolute Gasteiger partial charge is 0.128 e. The second kappa shape index (κ2) is 4.43. The first-order valence-electron chi connectivity index (χ1n) is 6.29. The lowest BCUT2D eigenvalue weighted by atomic mass is 10.1. The maximum atomic E-state index is 5.44. The van der Waals surface area contributed by atoms with Gasteiger partial charge in [0.1, 0.15) is 5.75 Å². The van der Waals surface area contributed by atoms with Gasteiger partial charge in [-0.05, 0) is 37.6 Å². The molecule has 0 aliphatic rings. The Hall–Kier alpha value is -2.29. The van der Waals surface area contributed by atoms with E-state index in [0.29, 0.717) is 0 Å². The van der Waals surface area contributed by atoms with Crippen molar-refractivity contribution in [3.63, 3.8) is 0 Å². The summed E-state index contributed by atoms with van der Waals surface area (Å²) in [6.45, 7) is 4.11. The Morgan fingerprint density at radius 1 is 1.16 bits per heavy atom. The van der Waals surface area contributed by atoms with Crippen LogP contribution >= 0.6 is 0 Å². The molecule has 3 heteroatoms. The van der Waals surface area contributed by atoms with Crippen LogP contribution < -0.4 is 4.74 Å². The molecule has 1 aromatic carbocycles. The van der Waals surface area contributed by atoms with Crippen LogP contribution in [0, 0.1) is 13.8 Å². The Labute approximate surface area is 112 Å². The second-order valence-electron chi connectivity index (χ2n) is 4.70. The van der Waals surface area contributed by atoms with E-state index in [0.717, 1.165) is 33.6 Å². The van der Waals surface area contributed by atoms with Crippen molar-refractivity contribution in [2.45, 2.75) is 13.8 Å². The van der Waals surface area contributed by atoms with Crippen LogP contribution in [0.2, 0.25) is 0 Å². The van der Waals surface area contributed by atoms with Gasteiger partial charge in [0.15, 0.2) is 0 Å². The topological polar surface area (TPSA) is 37.9 Å². The lowest BCUT2D eigenvalue weighted by Gasteiger charge is -2.07. The van der Waals surface area contributed by atoms with Gasteiger partial charge in [-0.2, -0.15) is 0 Å². The molecule has 2 aromatic heterocycles. The third kappa shape index (κ3) is 1.87. The highest BCUT2D eigenvalue weighted by Gasteiger charge is 2.13. The van der Waals surface area contributed by atoms with Gasteiger partial charge in [0.25, 0.3) is 0 Å². The minimum atomic E-state index is 0.877. The number of para-hydroxylation sites is 1. The average Bonchev–Trinajstić information content (AvgIpc) is 2.75. The summed E-state index contributed by atoms with van der Waals surface area (Å²) in [5.41, 5.74) is 5.51. The molecule has 3 rings (SSSR count). The molecular formula is C16H16N2O. The molecule has 3 aromatic rings. The van der Waals surface area contributed by atoms with Gasteiger partial charge in [0.05, 0.1) is 12.8 Å². The molecule has 0 unspecified atom stereocenters. The van der Waals surface area contributed by atoms with Gasteiger partial charge in [-0.1, -0.05) is 12.1 Å². The predicted molar refractivity (Wildman–Crippen MR) is 77.6 cm³/mol. The summed E-state index contributed by atoms with van der Waals surface area (Å²) >= 11 is 0. The molecule has 0 radical (unpaired) electrons. The Morgan fingerprint density at radius 3 is 2.74 bits per heavy atom. The quantitative estimate of drug-likeness (QED) is 0.752. The Balaban J connectivity index is 2.28. The molecule has 0 saturated carbocycles. The van der Waals surface area contributed by atoms with Crippen molar-refractivity contribution in [1.82, 2.24) is 9.97 Å². The zero-order valence-electron chi connectivity index (χ0n) is 11.3. The van der Waals surface area contributed by atoms with Crippen LogP contribution in [0.3, 0.4) is 0 Å². The zero-order valence-corrected chi connectivity index (χ0v) is 11.3. The summed E-state index contributed by atoms with van der Waals surface area (Å²) in [7, 11) is 1.70. The maximum absolute atomic E-state index is 5.44. The number of benzene rings is 1. The molecule has 19 heavy (non-hydrogen) atoms. The number of aromatic nitrogens is 2. The molecular weight excluding hydrogens is 236 g/mol. The van der Waals surface area contributed by atoms with E-state index in [-0.39, 0.29) is 0 Å². The van der Waals surface area contributed by atoms with E-state index >= 15 is 0 Å². The summed E-state index contributed by atoms with van der Waals surface area (Å²) in [6, 6.07) is 10.1. The zero-order chi connectivity index (χ0) is 13.4. The highest BCUT2D eigenvalue weighted by atomic mass is 16.5. The van der Waals surface area contributed by atoms with Crippen molar-refractivity contribution in [3.8, 4) is 17.0 Å². The number of aryl methyl sites for hydroxylation is 2. The number of H-pyrrole nitrogens is 1. The van der Waals surface area contributed by atoms with Gasteiger partial charge < -0.3 is 9.72 Å². The van der Waals surface area contributed by atoms with Crippen LogP contribution in [0.15, 0.2) is 36.5 Å². The van der Waals surface area contributed by atoms with Crippen LogP contribution in [-0.2, 0) is 0 Å². The largest absolute Gasteiger partial charge is 0.496 e. The number of pyridine rings is 1. The lowest BCUT2D eigenvalue weighted by molar-refractivity contribution is 0.416. The molecule has 0 bridgehead atoms. The van der Waals surface area contributed by atoms with E-state index in [1.165, 1.54) is 5.56 Å². The van der Waals surface area contributed by atoms with Crippen molar-refractivity contribution < 1.29 is 4.74 Å². The standard InChI is InChI=1S/C16H16N2O/c1-10-8-14-13(9-17-10)11(2)16(18-14)12-6-4-5-7-15(12)19-3/h4-9,18H,1-3H3. The first kappa shape index (κ1) is 11.8. The number of aromatic amines is 1. The van der Waals surface area contributed by atoms with Crippen molar-refractivity contribution >= 4 is 10.9 Å². The van der Waals surface area contributed by atoms with Crippen LogP contribution in [0.25, 0.3) is 22.2 Å². The number of methoxy groups -OCH3 is 1. The minimum absolute atomic E-state index is 0.877. The third-order valence-electron chi connectivity index (χ3n) is 3.46. The lowest BCUT2D eigenvalue weighted by Crippen LogP contribution is -1.88. The number of hydrogen-bond acceptors (Lipinski definition) is 2. The highest BCUT2D eigenvalue weighted by Crippen LogP contribution is 2.34. The van der Waals surface area contributed by atoms with E-state index in [1.54, 1.807) is 7.11 Å². The van der Waals surface area contributed by atoms with Gasteiger partial charge >= 0.3 is 0 Å². The molecule has 0 spiro atoms. The average molecular weight is 252 g/mol. The van der Waals surface area contributed by atoms with E-state index in [4.69, 9.17) is 4.74 Å². The van der Waals surface area contributed by atoms with Crippen molar-refractivity contribution in [1.29, 1.82) is 0 Å². The first-order valence-corrected chi connectivity index (χ1v) is 6.29. The molecule has 2 heterocycles. The van der Waals surface area contributed by atoms with Gasteiger partial charge in [-0.25, -0.2) is 0 Å². The molecule has 0 amide bonds. The SMILES string of the molecule is COc1ccccc1-c1[nH]c2cc(C)ncc2c1C. The van der Waals surface area contributed by atoms with E-state index in [2.05, 4.69) is 29.0 Å².